The first-order chi connectivity index (χ1) is 27.1. The number of ether oxygens (including phenoxy) is 2. The molecule has 11 nitrogen and oxygen atoms in total. The highest BCUT2D eigenvalue weighted by Gasteiger charge is 2.28. The molecule has 0 rings (SSSR count). The van der Waals surface area contributed by atoms with E-state index in [1.807, 2.05) is 0 Å². The maximum Gasteiger partial charge on any atom is 0.472 e. The smallest absolute Gasteiger partial charge is 0.472 e. The third kappa shape index (κ3) is 37.3. The molecule has 316 valence electrons. The van der Waals surface area contributed by atoms with Crippen molar-refractivity contribution in [2.75, 3.05) is 19.8 Å². The fraction of sp³-hybridized carbons (Fsp3) is 0.568. The first kappa shape index (κ1) is 52.4. The normalized spacial score (nSPS) is 14.8. The van der Waals surface area contributed by atoms with Gasteiger partial charge in [-0.1, -0.05) is 124 Å². The van der Waals surface area contributed by atoms with E-state index in [0.717, 1.165) is 83.5 Å². The number of phosphoric ester groups is 1. The Hall–Kier alpha value is -3.60. The predicted molar refractivity (Wildman–Crippen MR) is 226 cm³/mol. The van der Waals surface area contributed by atoms with E-state index in [1.54, 1.807) is 0 Å². The van der Waals surface area contributed by atoms with Crippen molar-refractivity contribution in [2.24, 2.45) is 5.73 Å². The van der Waals surface area contributed by atoms with E-state index in [0.29, 0.717) is 12.8 Å². The molecular weight excluding hydrogens is 733 g/mol. The molecule has 4 N–H and O–H groups in total. The highest BCUT2D eigenvalue weighted by molar-refractivity contribution is 7.47. The minimum Gasteiger partial charge on any atom is -0.480 e. The molecule has 0 aliphatic heterocycles. The summed E-state index contributed by atoms with van der Waals surface area (Å²) in [5.41, 5.74) is 5.32. The second-order valence-electron chi connectivity index (χ2n) is 13.0. The molecule has 0 amide bonds. The Kier molecular flexibility index (Phi) is 35.8. The van der Waals surface area contributed by atoms with Crippen LogP contribution in [0.5, 0.6) is 0 Å². The van der Waals surface area contributed by atoms with Crippen LogP contribution in [0.4, 0.5) is 0 Å². The zero-order valence-electron chi connectivity index (χ0n) is 33.9. The minimum absolute atomic E-state index is 0.0953. The van der Waals surface area contributed by atoms with Gasteiger partial charge in [0.05, 0.1) is 13.2 Å². The first-order valence-corrected chi connectivity index (χ1v) is 21.8. The standard InChI is InChI=1S/C44H70NO10P/c1-3-5-7-9-11-13-15-17-19-20-22-23-25-27-29-31-33-35-42(46)52-37-40(38-53-56(50,51)54-39-41(45)44(48)49)55-43(47)36-34-32-30-28-26-24-21-18-16-14-12-10-8-6-4-2/h6-9,12-15,18-21,23,25-26,28,40-41H,3-5,10-11,16-17,22,24,27,29-39,45H2,1-2H3,(H,48,49)(H,50,51)/b8-6+,9-7+,14-12+,15-13+,20-19+,21-18+,25-23+,28-26+/t40-,41+/m1/s1. The number of phosphoric acid groups is 1. The average molecular weight is 804 g/mol. The summed E-state index contributed by atoms with van der Waals surface area (Å²) in [7, 11) is -4.74. The molecule has 0 aliphatic carbocycles. The maximum absolute atomic E-state index is 12.6. The van der Waals surface area contributed by atoms with Crippen LogP contribution in [-0.4, -0.2) is 59.9 Å². The Morgan fingerprint density at radius 3 is 1.50 bits per heavy atom. The fourth-order valence-corrected chi connectivity index (χ4v) is 5.41. The van der Waals surface area contributed by atoms with E-state index in [1.165, 1.54) is 6.42 Å². The molecule has 1 unspecified atom stereocenters. The van der Waals surface area contributed by atoms with Gasteiger partial charge in [-0.2, -0.15) is 0 Å². The van der Waals surface area contributed by atoms with Gasteiger partial charge in [0.1, 0.15) is 12.6 Å². The molecular formula is C44H70NO10P. The third-order valence-corrected chi connectivity index (χ3v) is 8.75. The monoisotopic (exact) mass is 803 g/mol. The van der Waals surface area contributed by atoms with Gasteiger partial charge in [-0.05, 0) is 89.9 Å². The summed E-state index contributed by atoms with van der Waals surface area (Å²) in [6, 6.07) is -1.54. The molecule has 3 atom stereocenters. The van der Waals surface area contributed by atoms with Crippen LogP contribution >= 0.6 is 7.82 Å². The number of hydrogen-bond donors (Lipinski definition) is 3. The second kappa shape index (κ2) is 38.3. The largest absolute Gasteiger partial charge is 0.480 e. The molecule has 0 radical (unpaired) electrons. The number of allylic oxidation sites excluding steroid dienone is 16. The molecule has 56 heavy (non-hydrogen) atoms. The van der Waals surface area contributed by atoms with Crippen LogP contribution < -0.4 is 5.73 Å². The molecule has 0 heterocycles. The van der Waals surface area contributed by atoms with Crippen LogP contribution in [0.1, 0.15) is 129 Å². The lowest BCUT2D eigenvalue weighted by molar-refractivity contribution is -0.161. The van der Waals surface area contributed by atoms with E-state index in [2.05, 4.69) is 116 Å². The van der Waals surface area contributed by atoms with Crippen molar-refractivity contribution in [3.05, 3.63) is 97.2 Å². The summed E-state index contributed by atoms with van der Waals surface area (Å²) in [4.78, 5) is 45.9. The van der Waals surface area contributed by atoms with Crippen molar-refractivity contribution >= 4 is 25.7 Å². The summed E-state index contributed by atoms with van der Waals surface area (Å²) in [5.74, 6) is -2.49. The number of nitrogens with two attached hydrogens (primary N) is 1. The lowest BCUT2D eigenvalue weighted by Gasteiger charge is -2.20. The summed E-state index contributed by atoms with van der Waals surface area (Å²) in [6.45, 7) is 2.51. The highest BCUT2D eigenvalue weighted by Crippen LogP contribution is 2.43. The van der Waals surface area contributed by atoms with Crippen LogP contribution in [0.25, 0.3) is 0 Å². The molecule has 0 saturated heterocycles. The highest BCUT2D eigenvalue weighted by atomic mass is 31.2. The zero-order chi connectivity index (χ0) is 41.4. The topological polar surface area (TPSA) is 172 Å². The number of carbonyl (C=O) groups excluding carboxylic acids is 2. The number of esters is 2. The van der Waals surface area contributed by atoms with Gasteiger partial charge in [-0.25, -0.2) is 4.57 Å². The number of carboxylic acids is 1. The van der Waals surface area contributed by atoms with Gasteiger partial charge in [-0.3, -0.25) is 23.4 Å². The minimum atomic E-state index is -4.74. The molecule has 0 fully saturated rings. The molecule has 0 spiro atoms. The fourth-order valence-electron chi connectivity index (χ4n) is 4.63. The van der Waals surface area contributed by atoms with Gasteiger partial charge >= 0.3 is 25.7 Å². The Labute approximate surface area is 336 Å². The van der Waals surface area contributed by atoms with Crippen molar-refractivity contribution < 1.29 is 47.5 Å². The van der Waals surface area contributed by atoms with Crippen LogP contribution in [0.15, 0.2) is 97.2 Å². The first-order valence-electron chi connectivity index (χ1n) is 20.3. The van der Waals surface area contributed by atoms with Crippen LogP contribution in [0.2, 0.25) is 0 Å². The molecule has 12 heteroatoms. The number of unbranched alkanes of at least 4 members (excludes halogenated alkanes) is 6. The van der Waals surface area contributed by atoms with E-state index >= 15 is 0 Å². The van der Waals surface area contributed by atoms with Gasteiger partial charge in [-0.15, -0.1) is 0 Å². The van der Waals surface area contributed by atoms with E-state index < -0.39 is 51.1 Å². The molecule has 0 aromatic carbocycles. The van der Waals surface area contributed by atoms with Crippen molar-refractivity contribution in [1.82, 2.24) is 0 Å². The zero-order valence-corrected chi connectivity index (χ0v) is 34.8. The summed E-state index contributed by atoms with van der Waals surface area (Å²) in [6.07, 6.45) is 47.6. The van der Waals surface area contributed by atoms with Crippen molar-refractivity contribution in [2.45, 2.75) is 142 Å². The SMILES string of the molecule is CC/C=C/C/C=C/C/C=C/C/C=C/CCCCC(=O)O[C@H](COC(=O)CCCCC/C=C/C/C=C/C/C=C/C/C=C/CCC)COP(=O)(O)OC[C@H](N)C(=O)O. The predicted octanol–water partition coefficient (Wildman–Crippen LogP) is 10.5. The quantitative estimate of drug-likeness (QED) is 0.0238. The number of rotatable bonds is 36. The number of carboxylic acid groups (broad SMARTS) is 1. The molecule has 0 bridgehead atoms. The average Bonchev–Trinajstić information content (AvgIpc) is 3.17. The Balaban J connectivity index is 4.56. The van der Waals surface area contributed by atoms with Gasteiger partial charge < -0.3 is 25.2 Å². The molecule has 0 aromatic heterocycles. The van der Waals surface area contributed by atoms with Crippen LogP contribution in [-0.2, 0) is 37.5 Å². The van der Waals surface area contributed by atoms with E-state index in [-0.39, 0.29) is 19.4 Å². The molecule has 0 aromatic rings. The lowest BCUT2D eigenvalue weighted by atomic mass is 10.1. The van der Waals surface area contributed by atoms with Gasteiger partial charge in [0, 0.05) is 12.8 Å². The number of hydrogen-bond acceptors (Lipinski definition) is 9. The van der Waals surface area contributed by atoms with Crippen molar-refractivity contribution in [1.29, 1.82) is 0 Å². The Bertz CT molecular complexity index is 1310. The summed E-state index contributed by atoms with van der Waals surface area (Å²) < 4.78 is 32.5. The summed E-state index contributed by atoms with van der Waals surface area (Å²) >= 11 is 0. The van der Waals surface area contributed by atoms with Crippen LogP contribution in [0, 0.1) is 0 Å². The van der Waals surface area contributed by atoms with Gasteiger partial charge in [0.2, 0.25) is 0 Å². The van der Waals surface area contributed by atoms with Gasteiger partial charge in [0.25, 0.3) is 0 Å². The lowest BCUT2D eigenvalue weighted by Crippen LogP contribution is -2.34. The second-order valence-corrected chi connectivity index (χ2v) is 14.5. The Morgan fingerprint density at radius 1 is 0.571 bits per heavy atom. The number of aliphatic carboxylic acids is 1. The van der Waals surface area contributed by atoms with Crippen LogP contribution in [0.3, 0.4) is 0 Å². The Morgan fingerprint density at radius 2 is 1.00 bits per heavy atom. The maximum atomic E-state index is 12.6. The summed E-state index contributed by atoms with van der Waals surface area (Å²) in [5, 5.41) is 8.87. The van der Waals surface area contributed by atoms with Gasteiger partial charge in [0.15, 0.2) is 6.10 Å². The van der Waals surface area contributed by atoms with Crippen molar-refractivity contribution in [3.63, 3.8) is 0 Å². The van der Waals surface area contributed by atoms with Crippen molar-refractivity contribution in [3.8, 4) is 0 Å². The van der Waals surface area contributed by atoms with E-state index in [9.17, 15) is 23.8 Å². The van der Waals surface area contributed by atoms with E-state index in [4.69, 9.17) is 24.8 Å². The molecule has 0 saturated carbocycles. The number of carbonyl (C=O) groups is 3. The molecule has 0 aliphatic rings. The third-order valence-electron chi connectivity index (χ3n) is 7.80.